The molecule has 0 aliphatic carbocycles. The molecule has 0 heterocycles. The van der Waals surface area contributed by atoms with E-state index in [9.17, 15) is 9.59 Å². The summed E-state index contributed by atoms with van der Waals surface area (Å²) in [5.74, 6) is -0.0574. The summed E-state index contributed by atoms with van der Waals surface area (Å²) in [7, 11) is 0. The van der Waals surface area contributed by atoms with Crippen molar-refractivity contribution in [3.05, 3.63) is 12.7 Å². The molecule has 1 atom stereocenters. The lowest BCUT2D eigenvalue weighted by Crippen LogP contribution is -2.27. The number of hydrogen-bond donors (Lipinski definition) is 3. The van der Waals surface area contributed by atoms with E-state index in [1.54, 1.807) is 11.8 Å². The fourth-order valence-electron chi connectivity index (χ4n) is 0.368. The lowest BCUT2D eigenvalue weighted by molar-refractivity contribution is -0.131. The molecule has 0 aromatic rings. The van der Waals surface area contributed by atoms with Crippen molar-refractivity contribution in [2.75, 3.05) is 12.0 Å². The van der Waals surface area contributed by atoms with E-state index in [2.05, 4.69) is 19.2 Å². The van der Waals surface area contributed by atoms with Crippen molar-refractivity contribution in [3.63, 3.8) is 0 Å². The van der Waals surface area contributed by atoms with Gasteiger partial charge in [-0.15, -0.1) is 12.6 Å². The van der Waals surface area contributed by atoms with Crippen molar-refractivity contribution in [3.8, 4) is 0 Å². The molecule has 0 saturated heterocycles. The minimum absolute atomic E-state index is 0.218. The smallest absolute Gasteiger partial charge is 0.327 e. The van der Waals surface area contributed by atoms with Gasteiger partial charge in [0.15, 0.2) is 0 Å². The quantitative estimate of drug-likeness (QED) is 0.486. The third kappa shape index (κ3) is 14.1. The summed E-state index contributed by atoms with van der Waals surface area (Å²) in [5, 5.41) is 7.39. The third-order valence-electron chi connectivity index (χ3n) is 1.12. The number of thiol groups is 1. The van der Waals surface area contributed by atoms with E-state index in [1.165, 1.54) is 0 Å². The van der Waals surface area contributed by atoms with Gasteiger partial charge in [-0.05, 0) is 18.4 Å². The molecule has 4 nitrogen and oxygen atoms in total. The van der Waals surface area contributed by atoms with Gasteiger partial charge in [-0.25, -0.2) is 4.79 Å². The van der Waals surface area contributed by atoms with Crippen molar-refractivity contribution in [2.24, 2.45) is 5.73 Å². The van der Waals surface area contributed by atoms with Crippen molar-refractivity contribution < 1.29 is 14.7 Å². The van der Waals surface area contributed by atoms with Crippen LogP contribution in [0.25, 0.3) is 0 Å². The van der Waals surface area contributed by atoms with Gasteiger partial charge in [0.05, 0.1) is 6.04 Å². The molecule has 0 aromatic carbocycles. The lowest BCUT2D eigenvalue weighted by Gasteiger charge is -2.03. The van der Waals surface area contributed by atoms with Gasteiger partial charge in [-0.2, -0.15) is 11.8 Å². The maximum absolute atomic E-state index is 10.4. The Morgan fingerprint density at radius 2 is 2.14 bits per heavy atom. The van der Waals surface area contributed by atoms with Crippen LogP contribution in [0.4, 0.5) is 0 Å². The molecule has 0 unspecified atom stereocenters. The van der Waals surface area contributed by atoms with E-state index in [1.807, 2.05) is 6.26 Å². The Morgan fingerprint density at radius 3 is 2.36 bits per heavy atom. The minimum Gasteiger partial charge on any atom is -0.478 e. The van der Waals surface area contributed by atoms with Crippen LogP contribution in [-0.2, 0) is 9.59 Å². The largest absolute Gasteiger partial charge is 0.478 e. The summed E-state index contributed by atoms with van der Waals surface area (Å²) in [5.41, 5.74) is 5.36. The summed E-state index contributed by atoms with van der Waals surface area (Å²) in [4.78, 5) is 19.6. The minimum atomic E-state index is -0.981. The second-order valence-corrected chi connectivity index (χ2v) is 3.69. The highest BCUT2D eigenvalue weighted by atomic mass is 32.2. The Hall–Kier alpha value is -0.460. The first-order chi connectivity index (χ1) is 6.45. The summed E-state index contributed by atoms with van der Waals surface area (Å²) in [6.45, 7) is 2.96. The van der Waals surface area contributed by atoms with E-state index < -0.39 is 5.97 Å². The van der Waals surface area contributed by atoms with E-state index >= 15 is 0 Å². The lowest BCUT2D eigenvalue weighted by atomic mass is 10.3. The predicted molar refractivity (Wildman–Crippen MR) is 62.8 cm³/mol. The van der Waals surface area contributed by atoms with E-state index in [4.69, 9.17) is 10.8 Å². The first-order valence-electron chi connectivity index (χ1n) is 3.78. The van der Waals surface area contributed by atoms with Crippen LogP contribution in [-0.4, -0.2) is 34.2 Å². The van der Waals surface area contributed by atoms with E-state index in [0.717, 1.165) is 18.2 Å². The maximum Gasteiger partial charge on any atom is 0.327 e. The van der Waals surface area contributed by atoms with Crippen LogP contribution in [0.15, 0.2) is 12.7 Å². The van der Waals surface area contributed by atoms with Crippen molar-refractivity contribution in [2.45, 2.75) is 12.5 Å². The Morgan fingerprint density at radius 1 is 1.71 bits per heavy atom. The standard InChI is InChI=1S/C5H11NOS2.C3H4O2/c1-9-3-2-4(6)5(7)8;1-2-3(4)5/h4H,2-3,6H2,1H3,(H,7,8);2H,1H2,(H,4,5)/t4-;/m0./s1. The Balaban J connectivity index is 0. The molecule has 0 aliphatic rings. The average Bonchev–Trinajstić information content (AvgIpc) is 2.14. The van der Waals surface area contributed by atoms with Crippen LogP contribution in [0.3, 0.4) is 0 Å². The average molecular weight is 237 g/mol. The monoisotopic (exact) mass is 237 g/mol. The fraction of sp³-hybridized carbons (Fsp3) is 0.500. The van der Waals surface area contributed by atoms with Crippen LogP contribution >= 0.6 is 24.4 Å². The van der Waals surface area contributed by atoms with Gasteiger partial charge < -0.3 is 10.8 Å². The molecule has 0 fully saturated rings. The molecule has 0 aliphatic heterocycles. The highest BCUT2D eigenvalue weighted by Crippen LogP contribution is 2.00. The number of rotatable bonds is 5. The zero-order chi connectivity index (χ0) is 11.6. The molecule has 6 heteroatoms. The van der Waals surface area contributed by atoms with Gasteiger partial charge in [-0.1, -0.05) is 6.58 Å². The topological polar surface area (TPSA) is 80.4 Å². The molecular formula is C8H15NO3S2. The van der Waals surface area contributed by atoms with Gasteiger partial charge >= 0.3 is 5.97 Å². The van der Waals surface area contributed by atoms with Gasteiger partial charge in [0.25, 0.3) is 0 Å². The highest BCUT2D eigenvalue weighted by molar-refractivity contribution is 7.98. The normalized spacial score (nSPS) is 10.8. The summed E-state index contributed by atoms with van der Waals surface area (Å²) in [6.07, 6.45) is 3.54. The summed E-state index contributed by atoms with van der Waals surface area (Å²) >= 11 is 5.27. The first-order valence-corrected chi connectivity index (χ1v) is 5.62. The number of carbonyl (C=O) groups excluding carboxylic acids is 1. The van der Waals surface area contributed by atoms with Crippen LogP contribution in [0.5, 0.6) is 0 Å². The Labute approximate surface area is 93.3 Å². The second-order valence-electron chi connectivity index (χ2n) is 2.27. The number of nitrogens with two attached hydrogens (primary N) is 1. The third-order valence-corrected chi connectivity index (χ3v) is 2.10. The number of aliphatic carboxylic acids is 1. The Kier molecular flexibility index (Phi) is 12.1. The van der Waals surface area contributed by atoms with Gasteiger partial charge in [-0.3, -0.25) is 4.79 Å². The number of hydrogen-bond acceptors (Lipinski definition) is 4. The number of carbonyl (C=O) groups is 2. The Bertz CT molecular complexity index is 197. The van der Waals surface area contributed by atoms with E-state index in [-0.39, 0.29) is 11.2 Å². The number of thioether (sulfide) groups is 1. The van der Waals surface area contributed by atoms with Crippen molar-refractivity contribution in [1.29, 1.82) is 0 Å². The summed E-state index contributed by atoms with van der Waals surface area (Å²) < 4.78 is 0. The highest BCUT2D eigenvalue weighted by Gasteiger charge is 2.06. The van der Waals surface area contributed by atoms with Gasteiger partial charge in [0.2, 0.25) is 5.12 Å². The predicted octanol–water partition coefficient (Wildman–Crippen LogP) is 0.780. The first kappa shape index (κ1) is 16.0. The van der Waals surface area contributed by atoms with Crippen molar-refractivity contribution >= 4 is 35.5 Å². The number of carboxylic acids is 1. The molecule has 3 N–H and O–H groups in total. The molecule has 0 rings (SSSR count). The van der Waals surface area contributed by atoms with Crippen LogP contribution in [0.2, 0.25) is 0 Å². The SMILES string of the molecule is C=CC(=O)O.CSCC[C@H](N)C(=O)S. The molecule has 0 amide bonds. The fourth-order valence-corrected chi connectivity index (χ4v) is 0.987. The molecule has 82 valence electrons. The second kappa shape index (κ2) is 10.6. The van der Waals surface area contributed by atoms with Gasteiger partial charge in [0, 0.05) is 6.08 Å². The molecule has 0 bridgehead atoms. The molecule has 0 aromatic heterocycles. The van der Waals surface area contributed by atoms with E-state index in [0.29, 0.717) is 0 Å². The zero-order valence-electron chi connectivity index (χ0n) is 7.97. The molecule has 0 radical (unpaired) electrons. The molecular weight excluding hydrogens is 222 g/mol. The molecule has 14 heavy (non-hydrogen) atoms. The maximum atomic E-state index is 10.4. The molecule has 0 saturated carbocycles. The van der Waals surface area contributed by atoms with Gasteiger partial charge in [0.1, 0.15) is 0 Å². The number of carboxylic acid groups (broad SMARTS) is 1. The van der Waals surface area contributed by atoms with Crippen LogP contribution in [0.1, 0.15) is 6.42 Å². The zero-order valence-corrected chi connectivity index (χ0v) is 9.68. The van der Waals surface area contributed by atoms with Crippen LogP contribution < -0.4 is 5.73 Å². The van der Waals surface area contributed by atoms with Crippen LogP contribution in [0, 0.1) is 0 Å². The summed E-state index contributed by atoms with van der Waals surface area (Å²) in [6, 6.07) is -0.374. The molecule has 0 spiro atoms. The van der Waals surface area contributed by atoms with Crippen molar-refractivity contribution in [1.82, 2.24) is 0 Å².